The fraction of sp³-hybridized carbons (Fsp3) is 0.312. The summed E-state index contributed by atoms with van der Waals surface area (Å²) in [6.45, 7) is 1.92. The molecule has 0 saturated carbocycles. The molecule has 0 radical (unpaired) electrons. The molecule has 7 nitrogen and oxygen atoms in total. The SMILES string of the molecule is COC(=O)c1cnc(NC(=O)[C@@H](C)OCc2cccc(OC)c2)s1. The third-order valence-corrected chi connectivity index (χ3v) is 4.02. The summed E-state index contributed by atoms with van der Waals surface area (Å²) in [5.41, 5.74) is 0.899. The lowest BCUT2D eigenvalue weighted by Gasteiger charge is -2.12. The van der Waals surface area contributed by atoms with Crippen LogP contribution in [0.1, 0.15) is 22.2 Å². The van der Waals surface area contributed by atoms with E-state index in [2.05, 4.69) is 15.0 Å². The summed E-state index contributed by atoms with van der Waals surface area (Å²) in [5.74, 6) is -0.106. The zero-order valence-electron chi connectivity index (χ0n) is 13.6. The molecule has 0 bridgehead atoms. The van der Waals surface area contributed by atoms with Crippen LogP contribution in [-0.2, 0) is 20.9 Å². The molecule has 128 valence electrons. The second-order valence-corrected chi connectivity index (χ2v) is 5.85. The Hall–Kier alpha value is -2.45. The van der Waals surface area contributed by atoms with Gasteiger partial charge in [-0.15, -0.1) is 0 Å². The zero-order valence-corrected chi connectivity index (χ0v) is 14.4. The number of carbonyl (C=O) groups excluding carboxylic acids is 2. The maximum Gasteiger partial charge on any atom is 0.349 e. The summed E-state index contributed by atoms with van der Waals surface area (Å²) in [4.78, 5) is 27.7. The molecular weight excluding hydrogens is 332 g/mol. The lowest BCUT2D eigenvalue weighted by molar-refractivity contribution is -0.127. The Labute approximate surface area is 143 Å². The Balaban J connectivity index is 1.87. The molecule has 0 fully saturated rings. The van der Waals surface area contributed by atoms with Crippen LogP contribution in [0.15, 0.2) is 30.5 Å². The first kappa shape index (κ1) is 17.9. The summed E-state index contributed by atoms with van der Waals surface area (Å²) in [5, 5.41) is 2.93. The van der Waals surface area contributed by atoms with E-state index in [1.807, 2.05) is 24.3 Å². The number of methoxy groups -OCH3 is 2. The first-order valence-corrected chi connectivity index (χ1v) is 7.94. The molecule has 0 unspecified atom stereocenters. The van der Waals surface area contributed by atoms with E-state index in [9.17, 15) is 9.59 Å². The molecular formula is C16H18N2O5S. The molecule has 1 amide bonds. The van der Waals surface area contributed by atoms with Crippen LogP contribution in [0.4, 0.5) is 5.13 Å². The van der Waals surface area contributed by atoms with Crippen molar-refractivity contribution < 1.29 is 23.8 Å². The van der Waals surface area contributed by atoms with E-state index in [0.717, 1.165) is 22.6 Å². The minimum Gasteiger partial charge on any atom is -0.497 e. The highest BCUT2D eigenvalue weighted by Gasteiger charge is 2.17. The van der Waals surface area contributed by atoms with Gasteiger partial charge in [0, 0.05) is 0 Å². The van der Waals surface area contributed by atoms with Gasteiger partial charge in [-0.25, -0.2) is 9.78 Å². The van der Waals surface area contributed by atoms with Crippen LogP contribution in [0.25, 0.3) is 0 Å². The molecule has 1 aromatic carbocycles. The van der Waals surface area contributed by atoms with Gasteiger partial charge in [0.1, 0.15) is 16.7 Å². The monoisotopic (exact) mass is 350 g/mol. The normalized spacial score (nSPS) is 11.6. The number of nitrogens with one attached hydrogen (secondary N) is 1. The summed E-state index contributed by atoms with van der Waals surface area (Å²) in [6, 6.07) is 7.41. The van der Waals surface area contributed by atoms with E-state index >= 15 is 0 Å². The summed E-state index contributed by atoms with van der Waals surface area (Å²) in [6.07, 6.45) is 0.676. The summed E-state index contributed by atoms with van der Waals surface area (Å²) in [7, 11) is 2.88. The summed E-state index contributed by atoms with van der Waals surface area (Å²) < 4.78 is 15.3. The van der Waals surface area contributed by atoms with Crippen molar-refractivity contribution in [2.24, 2.45) is 0 Å². The molecule has 2 aromatic rings. The number of ether oxygens (including phenoxy) is 3. The van der Waals surface area contributed by atoms with Crippen LogP contribution in [0.5, 0.6) is 5.75 Å². The fourth-order valence-corrected chi connectivity index (χ4v) is 2.53. The number of aromatic nitrogens is 1. The second-order valence-electron chi connectivity index (χ2n) is 4.82. The minimum atomic E-state index is -0.679. The summed E-state index contributed by atoms with van der Waals surface area (Å²) >= 11 is 1.04. The topological polar surface area (TPSA) is 86.8 Å². The maximum absolute atomic E-state index is 12.1. The fourth-order valence-electron chi connectivity index (χ4n) is 1.79. The number of esters is 1. The van der Waals surface area contributed by atoms with Crippen molar-refractivity contribution in [3.63, 3.8) is 0 Å². The third-order valence-electron chi connectivity index (χ3n) is 3.13. The molecule has 8 heteroatoms. The van der Waals surface area contributed by atoms with Crippen molar-refractivity contribution in [3.8, 4) is 5.75 Å². The Morgan fingerprint density at radius 1 is 1.33 bits per heavy atom. The molecule has 1 atom stereocenters. The predicted molar refractivity (Wildman–Crippen MR) is 89.3 cm³/mol. The highest BCUT2D eigenvalue weighted by atomic mass is 32.1. The minimum absolute atomic E-state index is 0.275. The van der Waals surface area contributed by atoms with Gasteiger partial charge in [-0.05, 0) is 24.6 Å². The highest BCUT2D eigenvalue weighted by molar-refractivity contribution is 7.17. The van der Waals surface area contributed by atoms with Crippen LogP contribution in [0, 0.1) is 0 Å². The molecule has 0 aliphatic rings. The van der Waals surface area contributed by atoms with Gasteiger partial charge < -0.3 is 14.2 Å². The number of anilines is 1. The van der Waals surface area contributed by atoms with Crippen molar-refractivity contribution in [2.45, 2.75) is 19.6 Å². The quantitative estimate of drug-likeness (QED) is 0.772. The van der Waals surface area contributed by atoms with Crippen molar-refractivity contribution in [1.29, 1.82) is 0 Å². The van der Waals surface area contributed by atoms with E-state index in [-0.39, 0.29) is 12.5 Å². The van der Waals surface area contributed by atoms with Gasteiger partial charge in [-0.2, -0.15) is 0 Å². The molecule has 1 N–H and O–H groups in total. The maximum atomic E-state index is 12.1. The average Bonchev–Trinajstić information content (AvgIpc) is 3.07. The van der Waals surface area contributed by atoms with Gasteiger partial charge >= 0.3 is 5.97 Å². The zero-order chi connectivity index (χ0) is 17.5. The predicted octanol–water partition coefficient (Wildman–Crippen LogP) is 2.48. The third kappa shape index (κ3) is 4.77. The van der Waals surface area contributed by atoms with Crippen LogP contribution in [-0.4, -0.2) is 37.2 Å². The average molecular weight is 350 g/mol. The van der Waals surface area contributed by atoms with Gasteiger partial charge in [0.05, 0.1) is 27.0 Å². The standard InChI is InChI=1S/C16H18N2O5S/c1-10(23-9-11-5-4-6-12(7-11)21-2)14(19)18-16-17-8-13(24-16)15(20)22-3/h4-8,10H,9H2,1-3H3,(H,17,18,19)/t10-/m1/s1. The van der Waals surface area contributed by atoms with Gasteiger partial charge in [0.15, 0.2) is 5.13 Å². The van der Waals surface area contributed by atoms with Crippen molar-refractivity contribution in [1.82, 2.24) is 4.98 Å². The van der Waals surface area contributed by atoms with Crippen LogP contribution in [0.3, 0.4) is 0 Å². The number of amides is 1. The molecule has 2 rings (SSSR count). The van der Waals surface area contributed by atoms with Gasteiger partial charge in [0.25, 0.3) is 5.91 Å². The number of benzene rings is 1. The van der Waals surface area contributed by atoms with Crippen LogP contribution < -0.4 is 10.1 Å². The first-order chi connectivity index (χ1) is 11.5. The van der Waals surface area contributed by atoms with E-state index < -0.39 is 12.1 Å². The van der Waals surface area contributed by atoms with Crippen molar-refractivity contribution in [2.75, 3.05) is 19.5 Å². The highest BCUT2D eigenvalue weighted by Crippen LogP contribution is 2.19. The Morgan fingerprint density at radius 3 is 2.83 bits per heavy atom. The van der Waals surface area contributed by atoms with E-state index in [4.69, 9.17) is 9.47 Å². The lowest BCUT2D eigenvalue weighted by Crippen LogP contribution is -2.27. The van der Waals surface area contributed by atoms with Gasteiger partial charge in [-0.1, -0.05) is 23.5 Å². The lowest BCUT2D eigenvalue weighted by atomic mass is 10.2. The first-order valence-electron chi connectivity index (χ1n) is 7.13. The molecule has 0 spiro atoms. The number of nitrogens with zero attached hydrogens (tertiary/aromatic N) is 1. The Bertz CT molecular complexity index is 716. The number of hydrogen-bond acceptors (Lipinski definition) is 7. The van der Waals surface area contributed by atoms with Crippen LogP contribution in [0.2, 0.25) is 0 Å². The van der Waals surface area contributed by atoms with E-state index in [1.54, 1.807) is 14.0 Å². The Morgan fingerprint density at radius 2 is 2.12 bits per heavy atom. The Kier molecular flexibility index (Phi) is 6.28. The number of thiazole rings is 1. The van der Waals surface area contributed by atoms with E-state index in [0.29, 0.717) is 10.0 Å². The second kappa shape index (κ2) is 8.42. The van der Waals surface area contributed by atoms with E-state index in [1.165, 1.54) is 13.3 Å². The molecule has 1 aromatic heterocycles. The molecule has 0 aliphatic carbocycles. The van der Waals surface area contributed by atoms with Gasteiger partial charge in [-0.3, -0.25) is 10.1 Å². The van der Waals surface area contributed by atoms with Gasteiger partial charge in [0.2, 0.25) is 0 Å². The smallest absolute Gasteiger partial charge is 0.349 e. The van der Waals surface area contributed by atoms with Crippen molar-refractivity contribution in [3.05, 3.63) is 40.9 Å². The number of hydrogen-bond donors (Lipinski definition) is 1. The molecule has 0 aliphatic heterocycles. The largest absolute Gasteiger partial charge is 0.497 e. The number of rotatable bonds is 7. The van der Waals surface area contributed by atoms with Crippen molar-refractivity contribution >= 4 is 28.3 Å². The molecule has 24 heavy (non-hydrogen) atoms. The molecule has 1 heterocycles. The number of carbonyl (C=O) groups is 2. The molecule has 0 saturated heterocycles. The van der Waals surface area contributed by atoms with Crippen LogP contribution >= 0.6 is 11.3 Å².